The number of nitrogens with zero attached hydrogens (tertiary/aromatic N) is 2. The second kappa shape index (κ2) is 8.96. The number of phenolic OH excluding ortho intramolecular Hbond substituents is 1. The first-order valence-electron chi connectivity index (χ1n) is 12.4. The first-order valence-corrected chi connectivity index (χ1v) is 12.4. The maximum Gasteiger partial charge on any atom is 0.127 e. The van der Waals surface area contributed by atoms with Crippen molar-refractivity contribution in [2.24, 2.45) is 5.92 Å². The van der Waals surface area contributed by atoms with Crippen LogP contribution in [0, 0.1) is 5.92 Å². The molecule has 2 atom stereocenters. The fourth-order valence-electron chi connectivity index (χ4n) is 5.73. The van der Waals surface area contributed by atoms with E-state index in [2.05, 4.69) is 51.9 Å². The summed E-state index contributed by atoms with van der Waals surface area (Å²) in [5, 5.41) is 15.6. The summed E-state index contributed by atoms with van der Waals surface area (Å²) in [6, 6.07) is 6.21. The van der Waals surface area contributed by atoms with Crippen LogP contribution < -0.4 is 4.74 Å². The van der Waals surface area contributed by atoms with Gasteiger partial charge in [-0.2, -0.15) is 5.10 Å². The minimum absolute atomic E-state index is 0.0162. The zero-order chi connectivity index (χ0) is 22.9. The van der Waals surface area contributed by atoms with E-state index in [-0.39, 0.29) is 16.9 Å². The molecule has 1 unspecified atom stereocenters. The SMILES string of the molecule is CCCCCCC(C)(C)c1cc(O)c2c(c1)OC(C)(C)C1CC=C(Cn3cccn3)C[C@H]21. The molecule has 1 N–H and O–H groups in total. The molecule has 0 radical (unpaired) electrons. The van der Waals surface area contributed by atoms with Crippen LogP contribution >= 0.6 is 0 Å². The van der Waals surface area contributed by atoms with Gasteiger partial charge in [-0.25, -0.2) is 0 Å². The first kappa shape index (κ1) is 22.9. The molecule has 4 nitrogen and oxygen atoms in total. The standard InChI is InChI=1S/C28H40N2O2/c1-6-7-8-9-13-27(2,3)21-17-24(31)26-22-16-20(19-30-15-10-14-29-30)11-12-23(22)28(4,5)32-25(26)18-21/h10-11,14-15,17-18,22-23,31H,6-9,12-13,16,19H2,1-5H3/t22-,23?/m0/s1. The van der Waals surface area contributed by atoms with Gasteiger partial charge < -0.3 is 9.84 Å². The number of allylic oxidation sites excluding steroid dienone is 2. The third-order valence-electron chi connectivity index (χ3n) is 7.75. The molecule has 2 heterocycles. The van der Waals surface area contributed by atoms with Gasteiger partial charge in [-0.1, -0.05) is 58.1 Å². The Kier molecular flexibility index (Phi) is 6.42. The van der Waals surface area contributed by atoms with Crippen molar-refractivity contribution in [1.82, 2.24) is 9.78 Å². The van der Waals surface area contributed by atoms with Gasteiger partial charge in [-0.15, -0.1) is 0 Å². The van der Waals surface area contributed by atoms with Crippen LogP contribution in [0.25, 0.3) is 0 Å². The van der Waals surface area contributed by atoms with Gasteiger partial charge in [-0.05, 0) is 62.3 Å². The van der Waals surface area contributed by atoms with E-state index in [0.717, 1.165) is 37.1 Å². The molecule has 0 amide bonds. The Hall–Kier alpha value is -2.23. The van der Waals surface area contributed by atoms with Gasteiger partial charge in [0.2, 0.25) is 0 Å². The fraction of sp³-hybridized carbons (Fsp3) is 0.607. The van der Waals surface area contributed by atoms with Gasteiger partial charge >= 0.3 is 0 Å². The van der Waals surface area contributed by atoms with Crippen LogP contribution in [-0.4, -0.2) is 20.5 Å². The summed E-state index contributed by atoms with van der Waals surface area (Å²) in [7, 11) is 0. The highest BCUT2D eigenvalue weighted by atomic mass is 16.5. The Labute approximate surface area is 193 Å². The van der Waals surface area contributed by atoms with Crippen molar-refractivity contribution in [3.05, 3.63) is 53.4 Å². The highest BCUT2D eigenvalue weighted by Crippen LogP contribution is 2.55. The van der Waals surface area contributed by atoms with Crippen LogP contribution in [0.2, 0.25) is 0 Å². The molecule has 4 rings (SSSR count). The van der Waals surface area contributed by atoms with Gasteiger partial charge in [0.1, 0.15) is 17.1 Å². The molecule has 1 aliphatic heterocycles. The lowest BCUT2D eigenvalue weighted by Gasteiger charge is -2.47. The lowest BCUT2D eigenvalue weighted by Crippen LogP contribution is -2.45. The first-order chi connectivity index (χ1) is 15.2. The molecule has 0 saturated carbocycles. The number of fused-ring (bicyclic) bond motifs is 3. The largest absolute Gasteiger partial charge is 0.508 e. The van der Waals surface area contributed by atoms with Gasteiger partial charge in [0.25, 0.3) is 0 Å². The average molecular weight is 437 g/mol. The Morgan fingerprint density at radius 1 is 1.22 bits per heavy atom. The lowest BCUT2D eigenvalue weighted by atomic mass is 9.66. The molecule has 0 fully saturated rings. The second-order valence-electron chi connectivity index (χ2n) is 11.0. The van der Waals surface area contributed by atoms with Gasteiger partial charge in [0, 0.05) is 29.8 Å². The molecule has 2 aliphatic rings. The third kappa shape index (κ3) is 4.60. The van der Waals surface area contributed by atoms with Gasteiger partial charge in [0.15, 0.2) is 0 Å². The summed E-state index contributed by atoms with van der Waals surface area (Å²) < 4.78 is 8.57. The van der Waals surface area contributed by atoms with E-state index in [1.165, 1.54) is 36.8 Å². The normalized spacial score (nSPS) is 22.0. The highest BCUT2D eigenvalue weighted by Gasteiger charge is 2.46. The molecule has 174 valence electrons. The topological polar surface area (TPSA) is 47.3 Å². The van der Waals surface area contributed by atoms with E-state index < -0.39 is 0 Å². The van der Waals surface area contributed by atoms with E-state index in [0.29, 0.717) is 11.7 Å². The van der Waals surface area contributed by atoms with Crippen molar-refractivity contribution in [1.29, 1.82) is 0 Å². The molecule has 32 heavy (non-hydrogen) atoms. The average Bonchev–Trinajstić information content (AvgIpc) is 3.23. The molecule has 0 spiro atoms. The van der Waals surface area contributed by atoms with Crippen molar-refractivity contribution in [3.63, 3.8) is 0 Å². The maximum absolute atomic E-state index is 11.2. The van der Waals surface area contributed by atoms with Crippen LogP contribution in [-0.2, 0) is 12.0 Å². The van der Waals surface area contributed by atoms with E-state index in [1.54, 1.807) is 0 Å². The molecular formula is C28H40N2O2. The summed E-state index contributed by atoms with van der Waals surface area (Å²) in [6.45, 7) is 12.1. The molecular weight excluding hydrogens is 396 g/mol. The molecule has 1 aliphatic carbocycles. The zero-order valence-electron chi connectivity index (χ0n) is 20.5. The molecule has 0 saturated heterocycles. The van der Waals surface area contributed by atoms with Crippen molar-refractivity contribution < 1.29 is 9.84 Å². The molecule has 1 aromatic carbocycles. The van der Waals surface area contributed by atoms with E-state index >= 15 is 0 Å². The van der Waals surface area contributed by atoms with E-state index in [4.69, 9.17) is 4.74 Å². The Morgan fingerprint density at radius 3 is 2.75 bits per heavy atom. The number of benzene rings is 1. The number of aromatic hydroxyl groups is 1. The van der Waals surface area contributed by atoms with Crippen LogP contribution in [0.1, 0.15) is 96.6 Å². The van der Waals surface area contributed by atoms with Crippen LogP contribution in [0.15, 0.2) is 42.2 Å². The van der Waals surface area contributed by atoms with Crippen molar-refractivity contribution in [2.45, 2.75) is 103 Å². The fourth-order valence-corrected chi connectivity index (χ4v) is 5.73. The monoisotopic (exact) mass is 436 g/mol. The summed E-state index contributed by atoms with van der Waals surface area (Å²) in [4.78, 5) is 0. The number of hydrogen-bond donors (Lipinski definition) is 1. The van der Waals surface area contributed by atoms with Crippen LogP contribution in [0.5, 0.6) is 11.5 Å². The zero-order valence-corrected chi connectivity index (χ0v) is 20.5. The van der Waals surface area contributed by atoms with Crippen molar-refractivity contribution in [3.8, 4) is 11.5 Å². The Balaban J connectivity index is 1.62. The minimum atomic E-state index is -0.262. The lowest BCUT2D eigenvalue weighted by molar-refractivity contribution is 0.00704. The van der Waals surface area contributed by atoms with Crippen LogP contribution in [0.4, 0.5) is 0 Å². The summed E-state index contributed by atoms with van der Waals surface area (Å²) in [5.74, 6) is 1.92. The minimum Gasteiger partial charge on any atom is -0.508 e. The smallest absolute Gasteiger partial charge is 0.127 e. The number of phenols is 1. The highest BCUT2D eigenvalue weighted by molar-refractivity contribution is 5.54. The number of ether oxygens (including phenoxy) is 1. The van der Waals surface area contributed by atoms with Gasteiger partial charge in [-0.3, -0.25) is 4.68 Å². The maximum atomic E-state index is 11.2. The van der Waals surface area contributed by atoms with Crippen molar-refractivity contribution >= 4 is 0 Å². The third-order valence-corrected chi connectivity index (χ3v) is 7.75. The predicted octanol–water partition coefficient (Wildman–Crippen LogP) is 7.13. The molecule has 2 aromatic rings. The molecule has 1 aromatic heterocycles. The Morgan fingerprint density at radius 2 is 2.03 bits per heavy atom. The summed E-state index contributed by atoms with van der Waals surface area (Å²) >= 11 is 0. The Bertz CT molecular complexity index is 956. The molecule has 4 heteroatoms. The number of hydrogen-bond acceptors (Lipinski definition) is 3. The number of unbranched alkanes of at least 4 members (excludes halogenated alkanes) is 3. The molecule has 0 bridgehead atoms. The predicted molar refractivity (Wildman–Crippen MR) is 130 cm³/mol. The van der Waals surface area contributed by atoms with Crippen molar-refractivity contribution in [2.75, 3.05) is 0 Å². The summed E-state index contributed by atoms with van der Waals surface area (Å²) in [5.41, 5.74) is 3.33. The van der Waals surface area contributed by atoms with Gasteiger partial charge in [0.05, 0.1) is 6.54 Å². The number of rotatable bonds is 8. The van der Waals surface area contributed by atoms with E-state index in [9.17, 15) is 5.11 Å². The quantitative estimate of drug-likeness (QED) is 0.354. The number of aromatic nitrogens is 2. The van der Waals surface area contributed by atoms with Crippen LogP contribution in [0.3, 0.4) is 0 Å². The summed E-state index contributed by atoms with van der Waals surface area (Å²) in [6.07, 6.45) is 14.3. The second-order valence-corrected chi connectivity index (χ2v) is 11.0. The van der Waals surface area contributed by atoms with E-state index in [1.807, 2.05) is 29.2 Å².